The highest BCUT2D eigenvalue weighted by molar-refractivity contribution is 6.33. The molecule has 0 aliphatic carbocycles. The van der Waals surface area contributed by atoms with Crippen LogP contribution >= 0.6 is 0 Å². The average molecular weight is 638 g/mol. The highest BCUT2D eigenvalue weighted by Crippen LogP contribution is 2.50. The summed E-state index contributed by atoms with van der Waals surface area (Å²) < 4.78 is 0. The number of aryl methyl sites for hydroxylation is 1. The summed E-state index contributed by atoms with van der Waals surface area (Å²) in [5.74, 6) is 0. The number of anilines is 3. The van der Waals surface area contributed by atoms with E-state index in [-0.39, 0.29) is 0 Å². The van der Waals surface area contributed by atoms with Crippen LogP contribution in [0.4, 0.5) is 17.1 Å². The van der Waals surface area contributed by atoms with E-state index in [0.29, 0.717) is 0 Å². The molecule has 0 atom stereocenters. The zero-order valence-electron chi connectivity index (χ0n) is 27.9. The van der Waals surface area contributed by atoms with E-state index in [1.807, 2.05) is 0 Å². The van der Waals surface area contributed by atoms with E-state index in [0.717, 1.165) is 17.1 Å². The van der Waals surface area contributed by atoms with Gasteiger partial charge in [-0.3, -0.25) is 0 Å². The van der Waals surface area contributed by atoms with Gasteiger partial charge in [0.15, 0.2) is 0 Å². The van der Waals surface area contributed by atoms with Gasteiger partial charge in [-0.15, -0.1) is 0 Å². The monoisotopic (exact) mass is 637 g/mol. The highest BCUT2D eigenvalue weighted by atomic mass is 15.1. The fraction of sp³-hybridized carbons (Fsp3) is 0.0204. The number of benzene rings is 9. The van der Waals surface area contributed by atoms with Gasteiger partial charge in [0.25, 0.3) is 0 Å². The Morgan fingerprint density at radius 3 is 1.44 bits per heavy atom. The van der Waals surface area contributed by atoms with Gasteiger partial charge in [0.2, 0.25) is 0 Å². The Kier molecular flexibility index (Phi) is 7.44. The molecule has 0 amide bonds. The molecule has 0 unspecified atom stereocenters. The Morgan fingerprint density at radius 1 is 0.320 bits per heavy atom. The second-order valence-corrected chi connectivity index (χ2v) is 13.0. The number of hydrogen-bond donors (Lipinski definition) is 0. The summed E-state index contributed by atoms with van der Waals surface area (Å²) in [4.78, 5) is 2.36. The lowest BCUT2D eigenvalue weighted by Gasteiger charge is -2.27. The summed E-state index contributed by atoms with van der Waals surface area (Å²) >= 11 is 0. The first kappa shape index (κ1) is 29.7. The predicted octanol–water partition coefficient (Wildman–Crippen LogP) is 13.9. The van der Waals surface area contributed by atoms with Crippen LogP contribution < -0.4 is 4.90 Å². The van der Waals surface area contributed by atoms with Crippen LogP contribution in [-0.4, -0.2) is 0 Å². The Morgan fingerprint density at radius 2 is 0.820 bits per heavy atom. The van der Waals surface area contributed by atoms with Gasteiger partial charge in [0, 0.05) is 17.1 Å². The minimum absolute atomic E-state index is 1.12. The zero-order chi connectivity index (χ0) is 33.4. The van der Waals surface area contributed by atoms with E-state index < -0.39 is 0 Å². The molecule has 1 heteroatoms. The van der Waals surface area contributed by atoms with E-state index in [1.54, 1.807) is 0 Å². The van der Waals surface area contributed by atoms with Gasteiger partial charge in [-0.2, -0.15) is 0 Å². The summed E-state index contributed by atoms with van der Waals surface area (Å²) in [6.07, 6.45) is 0. The van der Waals surface area contributed by atoms with Crippen molar-refractivity contribution in [2.75, 3.05) is 4.90 Å². The van der Waals surface area contributed by atoms with Crippen molar-refractivity contribution in [1.29, 1.82) is 0 Å². The van der Waals surface area contributed by atoms with Crippen molar-refractivity contribution in [2.45, 2.75) is 6.92 Å². The van der Waals surface area contributed by atoms with Gasteiger partial charge in [0.1, 0.15) is 0 Å². The summed E-state index contributed by atoms with van der Waals surface area (Å²) in [5.41, 5.74) is 12.0. The third kappa shape index (κ3) is 5.12. The maximum absolute atomic E-state index is 2.43. The van der Waals surface area contributed by atoms with E-state index in [4.69, 9.17) is 0 Å². The van der Waals surface area contributed by atoms with Gasteiger partial charge in [-0.25, -0.2) is 0 Å². The zero-order valence-corrected chi connectivity index (χ0v) is 27.9. The van der Waals surface area contributed by atoms with Crippen LogP contribution in [0.1, 0.15) is 5.56 Å². The van der Waals surface area contributed by atoms with E-state index in [2.05, 4.69) is 206 Å². The number of hydrogen-bond acceptors (Lipinski definition) is 1. The molecule has 0 saturated carbocycles. The van der Waals surface area contributed by atoms with Crippen molar-refractivity contribution in [2.24, 2.45) is 0 Å². The molecule has 0 heterocycles. The van der Waals surface area contributed by atoms with E-state index >= 15 is 0 Å². The Hall–Kier alpha value is -6.44. The number of fused-ring (bicyclic) bond motifs is 6. The largest absolute Gasteiger partial charge is 0.310 e. The predicted molar refractivity (Wildman–Crippen MR) is 215 cm³/mol. The van der Waals surface area contributed by atoms with Crippen molar-refractivity contribution in [1.82, 2.24) is 0 Å². The van der Waals surface area contributed by atoms with Crippen LogP contribution in [0.2, 0.25) is 0 Å². The van der Waals surface area contributed by atoms with Crippen LogP contribution in [0.15, 0.2) is 194 Å². The lowest BCUT2D eigenvalue weighted by atomic mass is 9.81. The smallest absolute Gasteiger partial charge is 0.0468 e. The summed E-state index contributed by atoms with van der Waals surface area (Å²) in [7, 11) is 0. The minimum atomic E-state index is 1.12. The van der Waals surface area contributed by atoms with Crippen LogP contribution in [0.5, 0.6) is 0 Å². The lowest BCUT2D eigenvalue weighted by Crippen LogP contribution is -2.09. The molecule has 1 nitrogen and oxygen atoms in total. The van der Waals surface area contributed by atoms with Gasteiger partial charge in [0.05, 0.1) is 0 Å². The van der Waals surface area contributed by atoms with Crippen molar-refractivity contribution in [3.05, 3.63) is 200 Å². The normalized spacial score (nSPS) is 11.3. The van der Waals surface area contributed by atoms with E-state index in [9.17, 15) is 0 Å². The topological polar surface area (TPSA) is 3.24 Å². The maximum atomic E-state index is 2.43. The maximum Gasteiger partial charge on any atom is 0.0468 e. The number of nitrogens with zero attached hydrogens (tertiary/aromatic N) is 1. The molecular formula is C49H35N. The van der Waals surface area contributed by atoms with Crippen LogP contribution in [0, 0.1) is 6.92 Å². The molecule has 0 aliphatic heterocycles. The standard InChI is InChI=1S/C49H35N/c1-34-26-28-36(29-27-34)44-33-45(35-16-6-2-7-17-35)48-42-25-15-14-24-41(42)46-32-40(30-31-43(46)49(48)47(44)37-18-8-3-9-19-37)50(38-20-10-4-11-21-38)39-22-12-5-13-23-39/h2-33H,1H3. The van der Waals surface area contributed by atoms with Gasteiger partial charge >= 0.3 is 0 Å². The second-order valence-electron chi connectivity index (χ2n) is 13.0. The first-order chi connectivity index (χ1) is 24.7. The summed E-state index contributed by atoms with van der Waals surface area (Å²) in [6.45, 7) is 2.16. The molecule has 236 valence electrons. The SMILES string of the molecule is Cc1ccc(-c2cc(-c3ccccc3)c3c4ccccc4c4cc(N(c5ccccc5)c5ccccc5)ccc4c3c2-c2ccccc2)cc1. The molecule has 0 aliphatic rings. The fourth-order valence-electron chi connectivity index (χ4n) is 7.59. The third-order valence-corrected chi connectivity index (χ3v) is 9.88. The van der Waals surface area contributed by atoms with Crippen LogP contribution in [-0.2, 0) is 0 Å². The first-order valence-corrected chi connectivity index (χ1v) is 17.3. The molecule has 0 spiro atoms. The summed E-state index contributed by atoms with van der Waals surface area (Å²) in [6, 6.07) is 70.6. The Bertz CT molecular complexity index is 2570. The molecular weight excluding hydrogens is 603 g/mol. The third-order valence-electron chi connectivity index (χ3n) is 9.88. The van der Waals surface area contributed by atoms with Crippen molar-refractivity contribution in [3.8, 4) is 33.4 Å². The van der Waals surface area contributed by atoms with E-state index in [1.165, 1.54) is 71.3 Å². The first-order valence-electron chi connectivity index (χ1n) is 17.3. The molecule has 0 radical (unpaired) electrons. The molecule has 9 rings (SSSR count). The highest BCUT2D eigenvalue weighted by Gasteiger charge is 2.22. The molecule has 0 fully saturated rings. The Labute approximate surface area is 293 Å². The molecule has 0 saturated heterocycles. The van der Waals surface area contributed by atoms with Gasteiger partial charge in [-0.1, -0.05) is 157 Å². The number of para-hydroxylation sites is 2. The van der Waals surface area contributed by atoms with Crippen molar-refractivity contribution < 1.29 is 0 Å². The van der Waals surface area contributed by atoms with Gasteiger partial charge in [-0.05, 0) is 115 Å². The molecule has 0 bridgehead atoms. The fourth-order valence-corrected chi connectivity index (χ4v) is 7.59. The molecule has 0 aromatic heterocycles. The summed E-state index contributed by atoms with van der Waals surface area (Å²) in [5, 5.41) is 7.54. The van der Waals surface area contributed by atoms with Crippen LogP contribution in [0.25, 0.3) is 65.7 Å². The average Bonchev–Trinajstić information content (AvgIpc) is 3.19. The quantitative estimate of drug-likeness (QED) is 0.164. The molecule has 9 aromatic carbocycles. The number of rotatable bonds is 6. The second kappa shape index (κ2) is 12.5. The van der Waals surface area contributed by atoms with Crippen LogP contribution in [0.3, 0.4) is 0 Å². The molecule has 0 N–H and O–H groups in total. The Balaban J connectivity index is 1.47. The molecule has 50 heavy (non-hydrogen) atoms. The molecule has 9 aromatic rings. The van der Waals surface area contributed by atoms with Gasteiger partial charge < -0.3 is 4.90 Å². The van der Waals surface area contributed by atoms with Crippen molar-refractivity contribution >= 4 is 49.4 Å². The van der Waals surface area contributed by atoms with Crippen molar-refractivity contribution in [3.63, 3.8) is 0 Å². The minimum Gasteiger partial charge on any atom is -0.310 e. The lowest BCUT2D eigenvalue weighted by molar-refractivity contribution is 1.29.